The minimum Gasteiger partial charge on any atom is -0.428 e. The Hall–Kier alpha value is -2.80. The maximum absolute atomic E-state index is 13.1. The zero-order valence-corrected chi connectivity index (χ0v) is 19.3. The molecule has 2 fully saturated rings. The molecule has 8 atom stereocenters. The third kappa shape index (κ3) is 4.54. The summed E-state index contributed by atoms with van der Waals surface area (Å²) in [6.07, 6.45) is -8.68. The van der Waals surface area contributed by atoms with Crippen LogP contribution in [0, 0.1) is 6.67 Å². The zero-order valence-electron chi connectivity index (χ0n) is 18.5. The fourth-order valence-corrected chi connectivity index (χ4v) is 3.95. The highest BCUT2D eigenvalue weighted by Gasteiger charge is 2.46. The van der Waals surface area contributed by atoms with Gasteiger partial charge in [-0.05, 0) is 12.3 Å². The van der Waals surface area contributed by atoms with Crippen LogP contribution in [-0.2, 0) is 9.47 Å². The molecule has 0 aromatic carbocycles. The normalized spacial score (nSPS) is 31.8. The van der Waals surface area contributed by atoms with Crippen LogP contribution in [0.3, 0.4) is 0 Å². The Kier molecular flexibility index (Phi) is 8.23. The van der Waals surface area contributed by atoms with E-state index in [1.807, 2.05) is 0 Å². The van der Waals surface area contributed by atoms with E-state index in [1.165, 1.54) is 24.5 Å². The maximum Gasteiger partial charge on any atom is 0.373 e. The topological polar surface area (TPSA) is 244 Å². The summed E-state index contributed by atoms with van der Waals surface area (Å²) in [6, 6.07) is 2.49. The van der Waals surface area contributed by atoms with Crippen molar-refractivity contribution in [1.29, 1.82) is 0 Å². The molecule has 0 spiro atoms. The molecule has 2 aromatic rings. The van der Waals surface area contributed by atoms with E-state index in [2.05, 4.69) is 6.67 Å². The summed E-state index contributed by atoms with van der Waals surface area (Å²) in [4.78, 5) is 26.3. The van der Waals surface area contributed by atoms with Crippen LogP contribution in [-0.4, -0.2) is 89.6 Å². The highest BCUT2D eigenvalue weighted by atomic mass is 35.5. The Morgan fingerprint density at radius 1 is 0.778 bits per heavy atom. The molecule has 16 nitrogen and oxygen atoms in total. The molecular formula is C19H27ClN6O10. The largest absolute Gasteiger partial charge is 0.428 e. The molecule has 0 saturated carbocycles. The van der Waals surface area contributed by atoms with Crippen LogP contribution in [0.4, 0.5) is 11.6 Å². The molecule has 17 heteroatoms. The van der Waals surface area contributed by atoms with Crippen LogP contribution in [0.2, 0.25) is 0 Å². The van der Waals surface area contributed by atoms with Gasteiger partial charge in [0.05, 0.1) is 25.2 Å². The fourth-order valence-electron chi connectivity index (χ4n) is 3.95. The van der Waals surface area contributed by atoms with E-state index >= 15 is 0 Å². The highest BCUT2D eigenvalue weighted by Crippen LogP contribution is 2.29. The van der Waals surface area contributed by atoms with Gasteiger partial charge in [-0.25, -0.2) is 4.57 Å². The van der Waals surface area contributed by atoms with Gasteiger partial charge in [-0.15, -0.1) is 12.4 Å². The Bertz CT molecular complexity index is 1120. The predicted octanol–water partition coefficient (Wildman–Crippen LogP) is -6.21. The molecule has 0 aliphatic carbocycles. The van der Waals surface area contributed by atoms with Crippen molar-refractivity contribution < 1.29 is 49.2 Å². The minimum absolute atomic E-state index is 0. The van der Waals surface area contributed by atoms with E-state index in [9.17, 15) is 40.2 Å². The Labute approximate surface area is 208 Å². The first-order valence-corrected chi connectivity index (χ1v) is 10.5. The molecule has 0 bridgehead atoms. The average Bonchev–Trinajstić information content (AvgIpc) is 3.28. The smallest absolute Gasteiger partial charge is 0.373 e. The predicted molar refractivity (Wildman–Crippen MR) is 118 cm³/mol. The lowest BCUT2D eigenvalue weighted by atomic mass is 10.1. The van der Waals surface area contributed by atoms with Gasteiger partial charge in [-0.2, -0.15) is 0 Å². The number of aromatic nitrogens is 4. The summed E-state index contributed by atoms with van der Waals surface area (Å²) in [6.45, 7) is 1.22. The van der Waals surface area contributed by atoms with E-state index in [0.29, 0.717) is 9.13 Å². The maximum atomic E-state index is 13.1. The summed E-state index contributed by atoms with van der Waals surface area (Å²) >= 11 is 0. The molecule has 36 heavy (non-hydrogen) atoms. The standard InChI is InChI=1S/C19H26N6O10.ClH/c20-10-1-3-22(16-14(30)12(28)8(5-26)34-16)18(32)24(10)7-25-11(21)2-4-23(19(25)33)17-15(31)13(29)9(6-27)35-17;/h1-4,8-9,12-17,26-31H,5-6,20-21H2;1H/t8-,9-,12-,13-,14-,15-,16+,17+;/m1./s1. The van der Waals surface area contributed by atoms with Gasteiger partial charge in [-0.3, -0.25) is 9.36 Å². The molecule has 2 saturated heterocycles. The number of hydrogen-bond acceptors (Lipinski definition) is 12. The Balaban J connectivity index is 0.00000361. The number of aliphatic hydroxyl groups excluding tert-OH is 6. The molecule has 0 radical (unpaired) electrons. The van der Waals surface area contributed by atoms with E-state index in [1.54, 1.807) is 0 Å². The van der Waals surface area contributed by atoms with Crippen LogP contribution >= 0.6 is 12.4 Å². The first-order valence-electron chi connectivity index (χ1n) is 10.5. The van der Waals surface area contributed by atoms with Gasteiger partial charge in [0.2, 0.25) is 6.23 Å². The number of nitrogen functional groups attached to an aromatic ring is 2. The quantitative estimate of drug-likeness (QED) is 0.161. The molecule has 4 rings (SSSR count). The number of nitrogens with zero attached hydrogens (tertiary/aromatic N) is 4. The van der Waals surface area contributed by atoms with E-state index in [0.717, 1.165) is 9.13 Å². The molecule has 0 amide bonds. The van der Waals surface area contributed by atoms with E-state index < -0.39 is 73.7 Å². The number of halogens is 1. The fraction of sp³-hybridized carbons (Fsp3) is 0.526. The van der Waals surface area contributed by atoms with Crippen LogP contribution in [0.1, 0.15) is 12.5 Å². The third-order valence-electron chi connectivity index (χ3n) is 5.94. The highest BCUT2D eigenvalue weighted by molar-refractivity contribution is 5.85. The van der Waals surface area contributed by atoms with E-state index in [4.69, 9.17) is 20.9 Å². The van der Waals surface area contributed by atoms with Crippen LogP contribution in [0.25, 0.3) is 0 Å². The molecule has 200 valence electrons. The van der Waals surface area contributed by atoms with Crippen LogP contribution < -0.4 is 32.0 Å². The lowest BCUT2D eigenvalue weighted by molar-refractivity contribution is -0.828. The van der Waals surface area contributed by atoms with Crippen molar-refractivity contribution in [3.8, 4) is 0 Å². The van der Waals surface area contributed by atoms with Gasteiger partial charge in [-0.1, -0.05) is 6.07 Å². The van der Waals surface area contributed by atoms with Gasteiger partial charge in [0.25, 0.3) is 5.69 Å². The van der Waals surface area contributed by atoms with Gasteiger partial charge >= 0.3 is 5.69 Å². The summed E-state index contributed by atoms with van der Waals surface area (Å²) < 4.78 is 13.9. The SMILES string of the molecule is Cl.Nc1ccn([C@H]2O[C@H](CO)[C@@H](O)[C@H]2O)c(=O)[n+]1[C-2][n+]1c(N)ccn([C@H]2O[C@H](CO)[C@@H](O)[C@H]2O)c1=O. The molecule has 0 unspecified atom stereocenters. The first kappa shape index (κ1) is 27.8. The van der Waals surface area contributed by atoms with Crippen molar-refractivity contribution in [2.75, 3.05) is 24.7 Å². The first-order chi connectivity index (χ1) is 16.6. The number of anilines is 2. The van der Waals surface area contributed by atoms with E-state index in [-0.39, 0.29) is 24.0 Å². The van der Waals surface area contributed by atoms with Gasteiger partial charge in [0.15, 0.2) is 18.7 Å². The summed E-state index contributed by atoms with van der Waals surface area (Å²) in [5.41, 5.74) is 9.92. The second-order valence-electron chi connectivity index (χ2n) is 8.09. The number of hydrogen-bond donors (Lipinski definition) is 8. The van der Waals surface area contributed by atoms with Crippen LogP contribution in [0.15, 0.2) is 34.1 Å². The molecule has 2 aliphatic rings. The van der Waals surface area contributed by atoms with Crippen molar-refractivity contribution in [3.63, 3.8) is 0 Å². The summed E-state index contributed by atoms with van der Waals surface area (Å²) in [7, 11) is 0. The molecule has 10 N–H and O–H groups in total. The number of ether oxygens (including phenoxy) is 2. The van der Waals surface area contributed by atoms with Gasteiger partial charge < -0.3 is 65.5 Å². The van der Waals surface area contributed by atoms with Gasteiger partial charge in [0.1, 0.15) is 36.6 Å². The van der Waals surface area contributed by atoms with Crippen molar-refractivity contribution in [2.45, 2.75) is 49.1 Å². The van der Waals surface area contributed by atoms with Crippen molar-refractivity contribution in [1.82, 2.24) is 9.13 Å². The molecule has 4 heterocycles. The van der Waals surface area contributed by atoms with Crippen molar-refractivity contribution in [3.05, 3.63) is 52.2 Å². The number of aliphatic hydroxyl groups is 6. The lowest BCUT2D eigenvalue weighted by Gasteiger charge is -2.24. The third-order valence-corrected chi connectivity index (χ3v) is 5.94. The second kappa shape index (κ2) is 10.7. The Morgan fingerprint density at radius 2 is 1.14 bits per heavy atom. The number of nitrogens with two attached hydrogens (primary N) is 2. The Morgan fingerprint density at radius 3 is 1.44 bits per heavy atom. The lowest BCUT2D eigenvalue weighted by Crippen LogP contribution is -2.68. The summed E-state index contributed by atoms with van der Waals surface area (Å²) in [5.74, 6) is -0.375. The monoisotopic (exact) mass is 534 g/mol. The second-order valence-corrected chi connectivity index (χ2v) is 8.09. The van der Waals surface area contributed by atoms with Crippen molar-refractivity contribution in [2.24, 2.45) is 0 Å². The van der Waals surface area contributed by atoms with Crippen molar-refractivity contribution >= 4 is 24.0 Å². The average molecular weight is 535 g/mol. The van der Waals surface area contributed by atoms with Crippen LogP contribution in [0.5, 0.6) is 0 Å². The minimum atomic E-state index is -1.56. The number of rotatable bonds is 6. The molecule has 2 aliphatic heterocycles. The summed E-state index contributed by atoms with van der Waals surface area (Å²) in [5, 5.41) is 59.1. The molecular weight excluding hydrogens is 508 g/mol. The van der Waals surface area contributed by atoms with Gasteiger partial charge in [0, 0.05) is 0 Å². The zero-order chi connectivity index (χ0) is 25.6. The molecule has 2 aromatic heterocycles.